The molecule has 0 aromatic heterocycles. The summed E-state index contributed by atoms with van der Waals surface area (Å²) in [4.78, 5) is 0. The molecule has 0 amide bonds. The van der Waals surface area contributed by atoms with Crippen LogP contribution in [0.2, 0.25) is 0 Å². The highest BCUT2D eigenvalue weighted by Crippen LogP contribution is 2.28. The fraction of sp³-hybridized carbons (Fsp3) is 0.316. The molecule has 4 nitrogen and oxygen atoms in total. The van der Waals surface area contributed by atoms with Crippen molar-refractivity contribution in [1.82, 2.24) is 0 Å². The highest BCUT2D eigenvalue weighted by atomic mass is 16.5. The van der Waals surface area contributed by atoms with E-state index in [1.165, 1.54) is 5.56 Å². The summed E-state index contributed by atoms with van der Waals surface area (Å²) in [5.74, 6) is 1.97. The summed E-state index contributed by atoms with van der Waals surface area (Å²) < 4.78 is 10.6. The zero-order valence-electron chi connectivity index (χ0n) is 13.8. The van der Waals surface area contributed by atoms with Gasteiger partial charge >= 0.3 is 0 Å². The average Bonchev–Trinajstić information content (AvgIpc) is 2.60. The van der Waals surface area contributed by atoms with Gasteiger partial charge in [-0.3, -0.25) is 0 Å². The lowest BCUT2D eigenvalue weighted by Gasteiger charge is -2.15. The Bertz CT molecular complexity index is 675. The minimum absolute atomic E-state index is 0.462. The van der Waals surface area contributed by atoms with Gasteiger partial charge in [0.2, 0.25) is 0 Å². The highest BCUT2D eigenvalue weighted by Gasteiger charge is 2.08. The zero-order valence-corrected chi connectivity index (χ0v) is 13.8. The van der Waals surface area contributed by atoms with Gasteiger partial charge in [-0.15, -0.1) is 0 Å². The quantitative estimate of drug-likeness (QED) is 0.843. The molecule has 0 spiro atoms. The number of benzene rings is 2. The summed E-state index contributed by atoms with van der Waals surface area (Å²) in [7, 11) is 3.29. The smallest absolute Gasteiger partial charge is 0.160 e. The Kier molecular flexibility index (Phi) is 5.87. The number of nitrogens with zero attached hydrogens (tertiary/aromatic N) is 1. The number of methoxy groups -OCH3 is 2. The molecule has 2 aromatic carbocycles. The Hall–Kier alpha value is -2.67. The number of ether oxygens (including phenoxy) is 2. The van der Waals surface area contributed by atoms with Crippen molar-refractivity contribution >= 4 is 5.69 Å². The normalized spacial score (nSPS) is 11.4. The topological polar surface area (TPSA) is 54.3 Å². The van der Waals surface area contributed by atoms with Gasteiger partial charge in [-0.2, -0.15) is 5.26 Å². The maximum Gasteiger partial charge on any atom is 0.160 e. The van der Waals surface area contributed by atoms with Crippen LogP contribution in [0.15, 0.2) is 42.5 Å². The van der Waals surface area contributed by atoms with E-state index in [2.05, 4.69) is 24.4 Å². The van der Waals surface area contributed by atoms with E-state index in [9.17, 15) is 0 Å². The number of hydrogen-bond donors (Lipinski definition) is 1. The van der Waals surface area contributed by atoms with Gasteiger partial charge in [-0.1, -0.05) is 13.0 Å². The molecule has 0 bridgehead atoms. The third-order valence-corrected chi connectivity index (χ3v) is 3.70. The molecule has 0 saturated heterocycles. The van der Waals surface area contributed by atoms with Crippen molar-refractivity contribution in [3.8, 4) is 17.6 Å². The van der Waals surface area contributed by atoms with Crippen molar-refractivity contribution in [2.24, 2.45) is 5.92 Å². The molecule has 1 atom stereocenters. The first kappa shape index (κ1) is 16.7. The Morgan fingerprint density at radius 1 is 1.04 bits per heavy atom. The second kappa shape index (κ2) is 8.09. The Morgan fingerprint density at radius 2 is 1.74 bits per heavy atom. The summed E-state index contributed by atoms with van der Waals surface area (Å²) in [6.07, 6.45) is 0.948. The van der Waals surface area contributed by atoms with Gasteiger partial charge in [0.1, 0.15) is 0 Å². The standard InChI is InChI=1S/C19H22N2O2/c1-14(13-21-17-7-4-15(12-20)5-8-17)10-16-6-9-18(22-2)19(11-16)23-3/h4-9,11,14,21H,10,13H2,1-3H3. The molecule has 1 unspecified atom stereocenters. The van der Waals surface area contributed by atoms with Gasteiger partial charge in [0.25, 0.3) is 0 Å². The second-order valence-electron chi connectivity index (χ2n) is 5.57. The summed E-state index contributed by atoms with van der Waals surface area (Å²) in [6, 6.07) is 15.7. The van der Waals surface area contributed by atoms with Crippen LogP contribution in [0.25, 0.3) is 0 Å². The monoisotopic (exact) mass is 310 g/mol. The van der Waals surface area contributed by atoms with Crippen LogP contribution in [0.1, 0.15) is 18.1 Å². The number of nitrogens with one attached hydrogen (secondary N) is 1. The van der Waals surface area contributed by atoms with Crippen LogP contribution in [0.3, 0.4) is 0 Å². The Balaban J connectivity index is 1.91. The van der Waals surface area contributed by atoms with Gasteiger partial charge in [0.05, 0.1) is 25.9 Å². The van der Waals surface area contributed by atoms with Crippen molar-refractivity contribution in [3.05, 3.63) is 53.6 Å². The Labute approximate surface area is 137 Å². The van der Waals surface area contributed by atoms with E-state index in [1.807, 2.05) is 36.4 Å². The van der Waals surface area contributed by atoms with Crippen LogP contribution < -0.4 is 14.8 Å². The molecule has 0 saturated carbocycles. The molecule has 0 heterocycles. The number of hydrogen-bond acceptors (Lipinski definition) is 4. The molecule has 2 rings (SSSR count). The highest BCUT2D eigenvalue weighted by molar-refractivity contribution is 5.47. The van der Waals surface area contributed by atoms with Gasteiger partial charge in [0.15, 0.2) is 11.5 Å². The molecule has 0 aliphatic heterocycles. The number of nitriles is 1. The third kappa shape index (κ3) is 4.65. The predicted molar refractivity (Wildman–Crippen MR) is 92.1 cm³/mol. The number of anilines is 1. The predicted octanol–water partition coefficient (Wildman–Crippen LogP) is 3.87. The minimum atomic E-state index is 0.462. The lowest BCUT2D eigenvalue weighted by Crippen LogP contribution is -2.13. The van der Waals surface area contributed by atoms with E-state index in [0.29, 0.717) is 11.5 Å². The summed E-state index contributed by atoms with van der Waals surface area (Å²) in [6.45, 7) is 3.06. The van der Waals surface area contributed by atoms with E-state index in [1.54, 1.807) is 14.2 Å². The molecule has 0 radical (unpaired) electrons. The van der Waals surface area contributed by atoms with Gasteiger partial charge in [-0.05, 0) is 54.3 Å². The average molecular weight is 310 g/mol. The van der Waals surface area contributed by atoms with E-state index in [0.717, 1.165) is 30.2 Å². The first-order chi connectivity index (χ1) is 11.2. The van der Waals surface area contributed by atoms with Gasteiger partial charge in [0, 0.05) is 12.2 Å². The lowest BCUT2D eigenvalue weighted by molar-refractivity contribution is 0.354. The van der Waals surface area contributed by atoms with Crippen molar-refractivity contribution < 1.29 is 9.47 Å². The first-order valence-corrected chi connectivity index (χ1v) is 7.61. The van der Waals surface area contributed by atoms with Gasteiger partial charge < -0.3 is 14.8 Å². The fourth-order valence-electron chi connectivity index (χ4n) is 2.44. The molecule has 120 valence electrons. The van der Waals surface area contributed by atoms with Crippen LogP contribution in [0, 0.1) is 17.2 Å². The molecule has 4 heteroatoms. The molecule has 0 aliphatic rings. The maximum absolute atomic E-state index is 8.80. The maximum atomic E-state index is 8.80. The van der Waals surface area contributed by atoms with Crippen LogP contribution >= 0.6 is 0 Å². The van der Waals surface area contributed by atoms with E-state index in [4.69, 9.17) is 14.7 Å². The van der Waals surface area contributed by atoms with Crippen LogP contribution in [-0.2, 0) is 6.42 Å². The first-order valence-electron chi connectivity index (χ1n) is 7.61. The van der Waals surface area contributed by atoms with Crippen LogP contribution in [0.4, 0.5) is 5.69 Å². The van der Waals surface area contributed by atoms with E-state index >= 15 is 0 Å². The van der Waals surface area contributed by atoms with Crippen LogP contribution in [-0.4, -0.2) is 20.8 Å². The summed E-state index contributed by atoms with van der Waals surface area (Å²) in [5, 5.41) is 12.2. The van der Waals surface area contributed by atoms with E-state index in [-0.39, 0.29) is 0 Å². The second-order valence-corrected chi connectivity index (χ2v) is 5.57. The van der Waals surface area contributed by atoms with Crippen molar-refractivity contribution in [3.63, 3.8) is 0 Å². The number of rotatable bonds is 7. The minimum Gasteiger partial charge on any atom is -0.493 e. The Morgan fingerprint density at radius 3 is 2.35 bits per heavy atom. The largest absolute Gasteiger partial charge is 0.493 e. The molecular weight excluding hydrogens is 288 g/mol. The third-order valence-electron chi connectivity index (χ3n) is 3.70. The summed E-state index contributed by atoms with van der Waals surface area (Å²) >= 11 is 0. The SMILES string of the molecule is COc1ccc(CC(C)CNc2ccc(C#N)cc2)cc1OC. The molecule has 0 aliphatic carbocycles. The summed E-state index contributed by atoms with van der Waals surface area (Å²) in [5.41, 5.74) is 2.92. The molecule has 23 heavy (non-hydrogen) atoms. The molecule has 1 N–H and O–H groups in total. The van der Waals surface area contributed by atoms with Crippen molar-refractivity contribution in [2.45, 2.75) is 13.3 Å². The van der Waals surface area contributed by atoms with E-state index < -0.39 is 0 Å². The molecule has 0 fully saturated rings. The molecule has 2 aromatic rings. The van der Waals surface area contributed by atoms with Crippen molar-refractivity contribution in [2.75, 3.05) is 26.1 Å². The molecular formula is C19H22N2O2. The lowest BCUT2D eigenvalue weighted by atomic mass is 10.0. The van der Waals surface area contributed by atoms with Crippen LogP contribution in [0.5, 0.6) is 11.5 Å². The zero-order chi connectivity index (χ0) is 16.7. The van der Waals surface area contributed by atoms with Crippen molar-refractivity contribution in [1.29, 1.82) is 5.26 Å². The van der Waals surface area contributed by atoms with Gasteiger partial charge in [-0.25, -0.2) is 0 Å². The fourth-order valence-corrected chi connectivity index (χ4v) is 2.44.